The Morgan fingerprint density at radius 3 is 2.48 bits per heavy atom. The molecule has 166 valence electrons. The van der Waals surface area contributed by atoms with Crippen LogP contribution in [0.3, 0.4) is 0 Å². The molecule has 2 N–H and O–H groups in total. The van der Waals surface area contributed by atoms with E-state index < -0.39 is 23.8 Å². The molecule has 33 heavy (non-hydrogen) atoms. The van der Waals surface area contributed by atoms with Gasteiger partial charge in [0.2, 0.25) is 0 Å². The number of carboxylic acid groups (broad SMARTS) is 1. The number of rotatable bonds is 4. The van der Waals surface area contributed by atoms with E-state index in [1.165, 1.54) is 36.4 Å². The Morgan fingerprint density at radius 2 is 1.82 bits per heavy atom. The van der Waals surface area contributed by atoms with Gasteiger partial charge in [-0.25, -0.2) is 14.5 Å². The summed E-state index contributed by atoms with van der Waals surface area (Å²) in [5.41, 5.74) is 1.19. The van der Waals surface area contributed by atoms with Crippen LogP contribution in [0.4, 0.5) is 10.5 Å². The minimum Gasteiger partial charge on any atom is -0.478 e. The van der Waals surface area contributed by atoms with E-state index in [9.17, 15) is 19.2 Å². The van der Waals surface area contributed by atoms with Crippen molar-refractivity contribution in [3.63, 3.8) is 0 Å². The number of anilines is 1. The number of carbonyl (C=O) groups is 4. The largest absolute Gasteiger partial charge is 0.478 e. The molecule has 10 heteroatoms. The molecule has 3 aromatic rings. The summed E-state index contributed by atoms with van der Waals surface area (Å²) in [5.74, 6) is -2.22. The summed E-state index contributed by atoms with van der Waals surface area (Å²) in [4.78, 5) is 49.6. The molecule has 0 radical (unpaired) electrons. The van der Waals surface area contributed by atoms with Crippen LogP contribution in [-0.4, -0.2) is 28.9 Å². The summed E-state index contributed by atoms with van der Waals surface area (Å²) < 4.78 is 5.75. The van der Waals surface area contributed by atoms with E-state index in [0.717, 1.165) is 4.90 Å². The Hall–Kier alpha value is -3.88. The van der Waals surface area contributed by atoms with Crippen LogP contribution in [0.15, 0.2) is 58.5 Å². The highest BCUT2D eigenvalue weighted by Crippen LogP contribution is 2.32. The lowest BCUT2D eigenvalue weighted by atomic mass is 10.0. The predicted octanol–water partition coefficient (Wildman–Crippen LogP) is 4.93. The van der Waals surface area contributed by atoms with Crippen molar-refractivity contribution in [3.8, 4) is 11.3 Å². The molecule has 1 aliphatic rings. The number of carboxylic acids is 1. The average molecular weight is 485 g/mol. The van der Waals surface area contributed by atoms with Gasteiger partial charge in [-0.3, -0.25) is 14.9 Å². The number of hydrogen-bond donors (Lipinski definition) is 2. The molecule has 0 unspecified atom stereocenters. The first-order valence-electron chi connectivity index (χ1n) is 9.46. The molecule has 0 bridgehead atoms. The first kappa shape index (κ1) is 22.3. The molecule has 1 fully saturated rings. The van der Waals surface area contributed by atoms with Crippen molar-refractivity contribution in [1.82, 2.24) is 5.32 Å². The van der Waals surface area contributed by atoms with E-state index in [-0.39, 0.29) is 27.6 Å². The highest BCUT2D eigenvalue weighted by Gasteiger charge is 2.38. The molecule has 0 saturated carbocycles. The first-order valence-corrected chi connectivity index (χ1v) is 10.2. The second-order valence-electron chi connectivity index (χ2n) is 7.09. The standard InChI is InChI=1S/C23H14Cl2N2O6/c1-11-8-12(22(30)31)2-5-15(11)19-7-4-14(33-19)10-16-20(28)26-23(32)27(21(16)29)18-6-3-13(24)9-17(18)25/h2-10H,1H3,(H,30,31)(H,26,28,32)/b16-10+. The van der Waals surface area contributed by atoms with Gasteiger partial charge < -0.3 is 9.52 Å². The number of urea groups is 1. The molecule has 0 aliphatic carbocycles. The van der Waals surface area contributed by atoms with Crippen LogP contribution in [0.25, 0.3) is 17.4 Å². The van der Waals surface area contributed by atoms with Gasteiger partial charge in [0.15, 0.2) is 0 Å². The lowest BCUT2D eigenvalue weighted by Crippen LogP contribution is -2.54. The van der Waals surface area contributed by atoms with Crippen molar-refractivity contribution >= 4 is 58.8 Å². The average Bonchev–Trinajstić information content (AvgIpc) is 3.20. The first-order chi connectivity index (χ1) is 15.7. The number of imide groups is 2. The van der Waals surface area contributed by atoms with Gasteiger partial charge >= 0.3 is 12.0 Å². The Kier molecular flexibility index (Phi) is 5.80. The topological polar surface area (TPSA) is 117 Å². The number of furan rings is 1. The third-order valence-electron chi connectivity index (χ3n) is 4.90. The van der Waals surface area contributed by atoms with E-state index in [4.69, 9.17) is 32.7 Å². The smallest absolute Gasteiger partial charge is 0.335 e. The van der Waals surface area contributed by atoms with Crippen molar-refractivity contribution in [2.45, 2.75) is 6.92 Å². The molecule has 1 saturated heterocycles. The van der Waals surface area contributed by atoms with Crippen molar-refractivity contribution < 1.29 is 28.7 Å². The molecular weight excluding hydrogens is 471 g/mol. The molecule has 1 aliphatic heterocycles. The predicted molar refractivity (Wildman–Crippen MR) is 121 cm³/mol. The fraction of sp³-hybridized carbons (Fsp3) is 0.0435. The van der Waals surface area contributed by atoms with Crippen LogP contribution in [0, 0.1) is 6.92 Å². The third-order valence-corrected chi connectivity index (χ3v) is 5.44. The number of hydrogen-bond acceptors (Lipinski definition) is 5. The van der Waals surface area contributed by atoms with Crippen molar-refractivity contribution in [3.05, 3.63) is 81.0 Å². The summed E-state index contributed by atoms with van der Waals surface area (Å²) in [6.45, 7) is 1.74. The Bertz CT molecular complexity index is 1380. The summed E-state index contributed by atoms with van der Waals surface area (Å²) in [6, 6.07) is 11.0. The van der Waals surface area contributed by atoms with Crippen molar-refractivity contribution in [2.24, 2.45) is 0 Å². The van der Waals surface area contributed by atoms with Crippen LogP contribution < -0.4 is 10.2 Å². The summed E-state index contributed by atoms with van der Waals surface area (Å²) >= 11 is 12.0. The molecule has 0 atom stereocenters. The van der Waals surface area contributed by atoms with E-state index in [2.05, 4.69) is 5.32 Å². The second kappa shape index (κ2) is 8.57. The van der Waals surface area contributed by atoms with Gasteiger partial charge in [-0.15, -0.1) is 0 Å². The van der Waals surface area contributed by atoms with Gasteiger partial charge in [-0.2, -0.15) is 0 Å². The third kappa shape index (κ3) is 4.26. The van der Waals surface area contributed by atoms with Gasteiger partial charge in [0, 0.05) is 10.6 Å². The van der Waals surface area contributed by atoms with Crippen LogP contribution in [0.5, 0.6) is 0 Å². The SMILES string of the molecule is Cc1cc(C(=O)O)ccc1-c1ccc(/C=C2\C(=O)NC(=O)N(c3ccc(Cl)cc3Cl)C2=O)o1. The molecule has 1 aromatic heterocycles. The van der Waals surface area contributed by atoms with Crippen molar-refractivity contribution in [2.75, 3.05) is 4.90 Å². The molecule has 4 rings (SSSR count). The number of halogens is 2. The van der Waals surface area contributed by atoms with Gasteiger partial charge in [0.25, 0.3) is 11.8 Å². The zero-order chi connectivity index (χ0) is 23.9. The molecule has 0 spiro atoms. The maximum Gasteiger partial charge on any atom is 0.335 e. The lowest BCUT2D eigenvalue weighted by molar-refractivity contribution is -0.122. The molecule has 2 aromatic carbocycles. The number of barbiturate groups is 1. The summed E-state index contributed by atoms with van der Waals surface area (Å²) in [6.07, 6.45) is 1.21. The maximum absolute atomic E-state index is 13.0. The normalized spacial score (nSPS) is 15.2. The molecule has 2 heterocycles. The number of benzene rings is 2. The van der Waals surface area contributed by atoms with E-state index in [0.29, 0.717) is 21.9 Å². The zero-order valence-electron chi connectivity index (χ0n) is 16.9. The Morgan fingerprint density at radius 1 is 1.06 bits per heavy atom. The number of amides is 4. The Labute approximate surface area is 197 Å². The number of aromatic carboxylic acids is 1. The lowest BCUT2D eigenvalue weighted by Gasteiger charge is -2.26. The fourth-order valence-corrected chi connectivity index (χ4v) is 3.82. The maximum atomic E-state index is 13.0. The van der Waals surface area contributed by atoms with Crippen LogP contribution in [0.2, 0.25) is 10.0 Å². The minimum absolute atomic E-state index is 0.0558. The highest BCUT2D eigenvalue weighted by molar-refractivity contribution is 6.42. The van der Waals surface area contributed by atoms with Gasteiger partial charge in [-0.1, -0.05) is 29.3 Å². The van der Waals surface area contributed by atoms with Crippen LogP contribution in [0.1, 0.15) is 21.7 Å². The Balaban J connectivity index is 1.68. The minimum atomic E-state index is -1.05. The molecular formula is C23H14Cl2N2O6. The summed E-state index contributed by atoms with van der Waals surface area (Å²) in [7, 11) is 0. The van der Waals surface area contributed by atoms with Gasteiger partial charge in [0.05, 0.1) is 16.3 Å². The molecule has 4 amide bonds. The van der Waals surface area contributed by atoms with E-state index in [1.807, 2.05) is 0 Å². The monoisotopic (exact) mass is 484 g/mol. The molecule has 8 nitrogen and oxygen atoms in total. The zero-order valence-corrected chi connectivity index (χ0v) is 18.4. The second-order valence-corrected chi connectivity index (χ2v) is 7.93. The number of nitrogens with zero attached hydrogens (tertiary/aromatic N) is 1. The van der Waals surface area contributed by atoms with Gasteiger partial charge in [0.1, 0.15) is 17.1 Å². The van der Waals surface area contributed by atoms with Gasteiger partial charge in [-0.05, 0) is 61.0 Å². The highest BCUT2D eigenvalue weighted by atomic mass is 35.5. The van der Waals surface area contributed by atoms with Crippen LogP contribution >= 0.6 is 23.2 Å². The van der Waals surface area contributed by atoms with E-state index in [1.54, 1.807) is 25.1 Å². The quantitative estimate of drug-likeness (QED) is 0.400. The number of aryl methyl sites for hydroxylation is 1. The van der Waals surface area contributed by atoms with Crippen molar-refractivity contribution in [1.29, 1.82) is 0 Å². The fourth-order valence-electron chi connectivity index (χ4n) is 3.33. The van der Waals surface area contributed by atoms with E-state index >= 15 is 0 Å². The number of carbonyl (C=O) groups excluding carboxylic acids is 3. The number of nitrogens with one attached hydrogen (secondary N) is 1. The summed E-state index contributed by atoms with van der Waals surface area (Å²) in [5, 5.41) is 11.6. The van der Waals surface area contributed by atoms with Crippen LogP contribution in [-0.2, 0) is 9.59 Å².